The number of nitrogens with zero attached hydrogens (tertiary/aromatic N) is 4. The fraction of sp³-hybridized carbons (Fsp3) is 0.440. The number of likely N-dealkylation sites (tertiary alicyclic amines) is 1. The highest BCUT2D eigenvalue weighted by atomic mass is 16.7. The minimum Gasteiger partial charge on any atom is -0.399 e. The molecule has 2 aromatic carbocycles. The zero-order valence-corrected chi connectivity index (χ0v) is 19.4. The van der Waals surface area contributed by atoms with Gasteiger partial charge in [-0.15, -0.1) is 0 Å². The zero-order chi connectivity index (χ0) is 22.3. The Balaban J connectivity index is 1.25. The van der Waals surface area contributed by atoms with E-state index in [4.69, 9.17) is 9.31 Å². The Morgan fingerprint density at radius 1 is 0.812 bits per heavy atom. The van der Waals surface area contributed by atoms with Crippen LogP contribution in [0.1, 0.15) is 34.1 Å². The predicted molar refractivity (Wildman–Crippen MR) is 128 cm³/mol. The normalized spacial score (nSPS) is 19.8. The van der Waals surface area contributed by atoms with E-state index in [1.807, 2.05) is 11.0 Å². The van der Waals surface area contributed by atoms with Crippen LogP contribution in [-0.2, 0) is 15.9 Å². The first-order valence-electron chi connectivity index (χ1n) is 11.5. The molecule has 0 unspecified atom stereocenters. The lowest BCUT2D eigenvalue weighted by atomic mass is 9.78. The third-order valence-electron chi connectivity index (χ3n) is 7.04. The molecule has 3 heterocycles. The van der Waals surface area contributed by atoms with Crippen LogP contribution in [0.15, 0.2) is 54.9 Å². The van der Waals surface area contributed by atoms with E-state index in [9.17, 15) is 0 Å². The Hall–Kier alpha value is -2.48. The average Bonchev–Trinajstić information content (AvgIpc) is 3.29. The molecule has 0 saturated carbocycles. The smallest absolute Gasteiger partial charge is 0.399 e. The van der Waals surface area contributed by atoms with Crippen LogP contribution in [-0.4, -0.2) is 57.6 Å². The monoisotopic (exact) mass is 430 g/mol. The van der Waals surface area contributed by atoms with E-state index in [1.54, 1.807) is 0 Å². The molecule has 3 aromatic rings. The van der Waals surface area contributed by atoms with Crippen LogP contribution in [0, 0.1) is 0 Å². The molecule has 2 aliphatic rings. The first kappa shape index (κ1) is 21.4. The zero-order valence-electron chi connectivity index (χ0n) is 19.4. The van der Waals surface area contributed by atoms with Crippen molar-refractivity contribution in [2.24, 2.45) is 0 Å². The molecule has 0 N–H and O–H groups in total. The summed E-state index contributed by atoms with van der Waals surface area (Å²) in [7, 11) is -0.335. The van der Waals surface area contributed by atoms with Gasteiger partial charge in [0.2, 0.25) is 0 Å². The summed E-state index contributed by atoms with van der Waals surface area (Å²) in [5, 5.41) is 4.64. The molecule has 166 valence electrons. The SMILES string of the molecule is CC1(C)OB(c2ccc(-c3ccc(-c4ncn(CCN5CCC5)n4)cc3)cc2)OC1(C)C. The van der Waals surface area contributed by atoms with Crippen LogP contribution >= 0.6 is 0 Å². The average molecular weight is 430 g/mol. The van der Waals surface area contributed by atoms with E-state index in [1.165, 1.54) is 19.5 Å². The molecular formula is C25H31BN4O2. The van der Waals surface area contributed by atoms with E-state index >= 15 is 0 Å². The van der Waals surface area contributed by atoms with Gasteiger partial charge in [0.1, 0.15) is 6.33 Å². The summed E-state index contributed by atoms with van der Waals surface area (Å²) in [5.41, 5.74) is 3.72. The van der Waals surface area contributed by atoms with Crippen LogP contribution < -0.4 is 5.46 Å². The molecule has 6 nitrogen and oxygen atoms in total. The molecule has 0 spiro atoms. The van der Waals surface area contributed by atoms with Crippen LogP contribution in [0.25, 0.3) is 22.5 Å². The molecule has 7 heteroatoms. The number of benzene rings is 2. The van der Waals surface area contributed by atoms with Gasteiger partial charge < -0.3 is 14.2 Å². The number of rotatable bonds is 6. The molecule has 0 aliphatic carbocycles. The molecule has 0 atom stereocenters. The van der Waals surface area contributed by atoms with Crippen molar-refractivity contribution in [2.75, 3.05) is 19.6 Å². The van der Waals surface area contributed by atoms with Crippen LogP contribution in [0.2, 0.25) is 0 Å². The highest BCUT2D eigenvalue weighted by molar-refractivity contribution is 6.62. The Kier molecular flexibility index (Phi) is 5.44. The van der Waals surface area contributed by atoms with E-state index in [2.05, 4.69) is 91.2 Å². The lowest BCUT2D eigenvalue weighted by Crippen LogP contribution is -2.41. The van der Waals surface area contributed by atoms with Crippen molar-refractivity contribution < 1.29 is 9.31 Å². The summed E-state index contributed by atoms with van der Waals surface area (Å²) < 4.78 is 14.3. The number of hydrogen-bond donors (Lipinski definition) is 0. The third-order valence-corrected chi connectivity index (χ3v) is 7.04. The van der Waals surface area contributed by atoms with Crippen molar-refractivity contribution in [3.8, 4) is 22.5 Å². The van der Waals surface area contributed by atoms with Crippen LogP contribution in [0.3, 0.4) is 0 Å². The first-order valence-corrected chi connectivity index (χ1v) is 11.5. The molecule has 0 amide bonds. The van der Waals surface area contributed by atoms with Gasteiger partial charge in [0.25, 0.3) is 0 Å². The summed E-state index contributed by atoms with van der Waals surface area (Å²) in [4.78, 5) is 6.93. The fourth-order valence-electron chi connectivity index (χ4n) is 4.01. The maximum absolute atomic E-state index is 6.16. The number of hydrogen-bond acceptors (Lipinski definition) is 5. The fourth-order valence-corrected chi connectivity index (χ4v) is 4.01. The molecule has 32 heavy (non-hydrogen) atoms. The second-order valence-electron chi connectivity index (χ2n) is 9.81. The maximum Gasteiger partial charge on any atom is 0.494 e. The van der Waals surface area contributed by atoms with Crippen molar-refractivity contribution in [2.45, 2.75) is 51.9 Å². The Bertz CT molecular complexity index is 1060. The van der Waals surface area contributed by atoms with Gasteiger partial charge in [-0.3, -0.25) is 4.68 Å². The molecule has 0 bridgehead atoms. The maximum atomic E-state index is 6.16. The molecule has 0 radical (unpaired) electrons. The largest absolute Gasteiger partial charge is 0.494 e. The quantitative estimate of drug-likeness (QED) is 0.560. The molecule has 2 saturated heterocycles. The molecular weight excluding hydrogens is 399 g/mol. The van der Waals surface area contributed by atoms with Gasteiger partial charge in [-0.05, 0) is 63.8 Å². The first-order chi connectivity index (χ1) is 15.3. The van der Waals surface area contributed by atoms with Crippen molar-refractivity contribution in [1.82, 2.24) is 19.7 Å². The molecule has 1 aromatic heterocycles. The Labute approximate surface area is 190 Å². The van der Waals surface area contributed by atoms with Crippen LogP contribution in [0.4, 0.5) is 0 Å². The van der Waals surface area contributed by atoms with Crippen molar-refractivity contribution >= 4 is 12.6 Å². The minimum absolute atomic E-state index is 0.331. The highest BCUT2D eigenvalue weighted by Gasteiger charge is 2.51. The van der Waals surface area contributed by atoms with Gasteiger partial charge in [-0.1, -0.05) is 48.5 Å². The standard InChI is InChI=1S/C25H31BN4O2/c1-24(2)25(3,4)32-26(31-24)22-12-10-20(11-13-22)19-6-8-21(9-7-19)23-27-18-30(28-23)17-16-29-14-5-15-29/h6-13,18H,5,14-17H2,1-4H3. The van der Waals surface area contributed by atoms with Gasteiger partial charge in [0, 0.05) is 12.1 Å². The van der Waals surface area contributed by atoms with Crippen molar-refractivity contribution in [3.63, 3.8) is 0 Å². The van der Waals surface area contributed by atoms with Gasteiger partial charge in [-0.2, -0.15) is 5.10 Å². The van der Waals surface area contributed by atoms with E-state index in [0.29, 0.717) is 0 Å². The van der Waals surface area contributed by atoms with Gasteiger partial charge >= 0.3 is 7.12 Å². The van der Waals surface area contributed by atoms with Gasteiger partial charge in [0.15, 0.2) is 5.82 Å². The van der Waals surface area contributed by atoms with Crippen molar-refractivity contribution in [1.29, 1.82) is 0 Å². The van der Waals surface area contributed by atoms with Gasteiger partial charge in [-0.25, -0.2) is 4.98 Å². The topological polar surface area (TPSA) is 52.4 Å². The van der Waals surface area contributed by atoms with Crippen LogP contribution in [0.5, 0.6) is 0 Å². The molecule has 2 fully saturated rings. The minimum atomic E-state index is -0.335. The summed E-state index contributed by atoms with van der Waals surface area (Å²) in [6.45, 7) is 12.7. The molecule has 5 rings (SSSR count). The summed E-state index contributed by atoms with van der Waals surface area (Å²) in [6, 6.07) is 16.9. The van der Waals surface area contributed by atoms with E-state index in [0.717, 1.165) is 41.1 Å². The molecule has 2 aliphatic heterocycles. The van der Waals surface area contributed by atoms with E-state index in [-0.39, 0.29) is 18.3 Å². The Morgan fingerprint density at radius 3 is 1.94 bits per heavy atom. The lowest BCUT2D eigenvalue weighted by Gasteiger charge is -2.32. The summed E-state index contributed by atoms with van der Waals surface area (Å²) in [6.07, 6.45) is 3.15. The van der Waals surface area contributed by atoms with Crippen molar-refractivity contribution in [3.05, 3.63) is 54.9 Å². The predicted octanol–water partition coefficient (Wildman–Crippen LogP) is 3.62. The Morgan fingerprint density at radius 2 is 1.38 bits per heavy atom. The van der Waals surface area contributed by atoms with E-state index < -0.39 is 0 Å². The van der Waals surface area contributed by atoms with Gasteiger partial charge in [0.05, 0.1) is 17.7 Å². The lowest BCUT2D eigenvalue weighted by molar-refractivity contribution is 0.00578. The summed E-state index contributed by atoms with van der Waals surface area (Å²) in [5.74, 6) is 0.774. The summed E-state index contributed by atoms with van der Waals surface area (Å²) >= 11 is 0. The second kappa shape index (κ2) is 8.14. The second-order valence-corrected chi connectivity index (χ2v) is 9.81. The number of aromatic nitrogens is 3. The highest BCUT2D eigenvalue weighted by Crippen LogP contribution is 2.36. The third kappa shape index (κ3) is 4.12.